The van der Waals surface area contributed by atoms with Crippen molar-refractivity contribution < 1.29 is 4.42 Å². The molecule has 3 heterocycles. The molecule has 6 heteroatoms. The van der Waals surface area contributed by atoms with Gasteiger partial charge < -0.3 is 4.42 Å². The van der Waals surface area contributed by atoms with Crippen LogP contribution in [0.2, 0.25) is 0 Å². The summed E-state index contributed by atoms with van der Waals surface area (Å²) >= 11 is 3.50. The standard InChI is InChI=1S/C12H9BrN4O/c13-10-4-14-11-9(7-1-2-7)3-8(5-17(10)11)12-16-15-6-18-12/h3-7H,1-2H2. The molecule has 3 aromatic heterocycles. The Bertz CT molecular complexity index is 715. The number of imidazole rings is 1. The highest BCUT2D eigenvalue weighted by atomic mass is 79.9. The van der Waals surface area contributed by atoms with Crippen molar-refractivity contribution in [1.82, 2.24) is 19.6 Å². The van der Waals surface area contributed by atoms with E-state index >= 15 is 0 Å². The van der Waals surface area contributed by atoms with Crippen molar-refractivity contribution >= 4 is 21.6 Å². The van der Waals surface area contributed by atoms with Gasteiger partial charge in [0, 0.05) is 6.20 Å². The van der Waals surface area contributed by atoms with E-state index in [1.807, 2.05) is 16.8 Å². The number of hydrogen-bond acceptors (Lipinski definition) is 4. The highest BCUT2D eigenvalue weighted by Crippen LogP contribution is 2.43. The third-order valence-electron chi connectivity index (χ3n) is 3.21. The Hall–Kier alpha value is -1.69. The number of fused-ring (bicyclic) bond motifs is 1. The highest BCUT2D eigenvalue weighted by molar-refractivity contribution is 9.10. The smallest absolute Gasteiger partial charge is 0.248 e. The number of nitrogens with zero attached hydrogens (tertiary/aromatic N) is 4. The molecule has 1 fully saturated rings. The zero-order chi connectivity index (χ0) is 12.1. The van der Waals surface area contributed by atoms with E-state index in [1.165, 1.54) is 24.8 Å². The Morgan fingerprint density at radius 1 is 1.39 bits per heavy atom. The van der Waals surface area contributed by atoms with Crippen molar-refractivity contribution in [2.24, 2.45) is 0 Å². The van der Waals surface area contributed by atoms with Gasteiger partial charge in [-0.05, 0) is 46.3 Å². The van der Waals surface area contributed by atoms with E-state index in [0.29, 0.717) is 11.8 Å². The second-order valence-electron chi connectivity index (χ2n) is 4.48. The average molecular weight is 305 g/mol. The molecular formula is C12H9BrN4O. The molecule has 1 saturated carbocycles. The molecule has 90 valence electrons. The third-order valence-corrected chi connectivity index (χ3v) is 3.80. The van der Waals surface area contributed by atoms with Gasteiger partial charge in [0.15, 0.2) is 0 Å². The molecule has 0 aliphatic heterocycles. The summed E-state index contributed by atoms with van der Waals surface area (Å²) in [5.41, 5.74) is 3.20. The van der Waals surface area contributed by atoms with E-state index in [4.69, 9.17) is 4.42 Å². The molecule has 0 radical (unpaired) electrons. The lowest BCUT2D eigenvalue weighted by Gasteiger charge is -2.05. The molecule has 5 nitrogen and oxygen atoms in total. The van der Waals surface area contributed by atoms with Crippen LogP contribution in [0.15, 0.2) is 33.9 Å². The molecule has 1 aliphatic carbocycles. The molecule has 0 unspecified atom stereocenters. The maximum Gasteiger partial charge on any atom is 0.248 e. The van der Waals surface area contributed by atoms with Gasteiger partial charge in [-0.25, -0.2) is 4.98 Å². The second-order valence-corrected chi connectivity index (χ2v) is 5.29. The van der Waals surface area contributed by atoms with Crippen LogP contribution < -0.4 is 0 Å². The summed E-state index contributed by atoms with van der Waals surface area (Å²) in [7, 11) is 0. The maximum atomic E-state index is 5.27. The maximum absolute atomic E-state index is 5.27. The van der Waals surface area contributed by atoms with Crippen LogP contribution in [-0.4, -0.2) is 19.6 Å². The van der Waals surface area contributed by atoms with Crippen LogP contribution >= 0.6 is 15.9 Å². The summed E-state index contributed by atoms with van der Waals surface area (Å²) < 4.78 is 8.22. The Morgan fingerprint density at radius 3 is 3.00 bits per heavy atom. The molecule has 0 spiro atoms. The summed E-state index contributed by atoms with van der Waals surface area (Å²) in [6.45, 7) is 0. The largest absolute Gasteiger partial charge is 0.423 e. The van der Waals surface area contributed by atoms with Gasteiger partial charge in [-0.2, -0.15) is 0 Å². The Morgan fingerprint density at radius 2 is 2.28 bits per heavy atom. The quantitative estimate of drug-likeness (QED) is 0.730. The first-order valence-corrected chi connectivity index (χ1v) is 6.55. The van der Waals surface area contributed by atoms with Crippen molar-refractivity contribution in [3.8, 4) is 11.5 Å². The predicted molar refractivity (Wildman–Crippen MR) is 68.2 cm³/mol. The van der Waals surface area contributed by atoms with Crippen LogP contribution in [0.5, 0.6) is 0 Å². The van der Waals surface area contributed by atoms with Crippen LogP contribution in [0.4, 0.5) is 0 Å². The van der Waals surface area contributed by atoms with E-state index < -0.39 is 0 Å². The second kappa shape index (κ2) is 3.65. The van der Waals surface area contributed by atoms with E-state index in [0.717, 1.165) is 15.8 Å². The molecule has 0 N–H and O–H groups in total. The zero-order valence-electron chi connectivity index (χ0n) is 9.38. The fourth-order valence-corrected chi connectivity index (χ4v) is 2.57. The van der Waals surface area contributed by atoms with Crippen LogP contribution in [0.1, 0.15) is 24.3 Å². The van der Waals surface area contributed by atoms with Gasteiger partial charge in [0.05, 0.1) is 11.8 Å². The monoisotopic (exact) mass is 304 g/mol. The number of hydrogen-bond donors (Lipinski definition) is 0. The van der Waals surface area contributed by atoms with Gasteiger partial charge >= 0.3 is 0 Å². The number of aromatic nitrogens is 4. The first-order valence-electron chi connectivity index (χ1n) is 5.76. The molecule has 0 amide bonds. The fourth-order valence-electron chi connectivity index (χ4n) is 2.20. The average Bonchev–Trinajstić information content (AvgIpc) is 2.95. The number of pyridine rings is 1. The summed E-state index contributed by atoms with van der Waals surface area (Å²) in [4.78, 5) is 4.45. The van der Waals surface area contributed by atoms with Gasteiger partial charge in [-0.1, -0.05) is 0 Å². The van der Waals surface area contributed by atoms with Gasteiger partial charge in [0.1, 0.15) is 10.3 Å². The van der Waals surface area contributed by atoms with Crippen molar-refractivity contribution in [2.75, 3.05) is 0 Å². The van der Waals surface area contributed by atoms with Gasteiger partial charge in [-0.3, -0.25) is 4.40 Å². The van der Waals surface area contributed by atoms with Crippen molar-refractivity contribution in [3.63, 3.8) is 0 Å². The Labute approximate surface area is 111 Å². The topological polar surface area (TPSA) is 56.2 Å². The van der Waals surface area contributed by atoms with Crippen LogP contribution in [-0.2, 0) is 0 Å². The molecule has 0 atom stereocenters. The molecule has 1 aliphatic rings. The minimum Gasteiger partial charge on any atom is -0.423 e. The summed E-state index contributed by atoms with van der Waals surface area (Å²) in [6.07, 6.45) is 7.59. The summed E-state index contributed by atoms with van der Waals surface area (Å²) in [5.74, 6) is 1.16. The fraction of sp³-hybridized carbons (Fsp3) is 0.250. The summed E-state index contributed by atoms with van der Waals surface area (Å²) in [6, 6.07) is 2.11. The lowest BCUT2D eigenvalue weighted by atomic mass is 10.1. The molecule has 0 aromatic carbocycles. The SMILES string of the molecule is Brc1cnc2c(C3CC3)cc(-c3nnco3)cn12. The lowest BCUT2D eigenvalue weighted by Crippen LogP contribution is -1.94. The van der Waals surface area contributed by atoms with Crippen molar-refractivity contribution in [1.29, 1.82) is 0 Å². The van der Waals surface area contributed by atoms with E-state index in [-0.39, 0.29) is 0 Å². The molecule has 18 heavy (non-hydrogen) atoms. The van der Waals surface area contributed by atoms with Crippen LogP contribution in [0.25, 0.3) is 17.1 Å². The van der Waals surface area contributed by atoms with Gasteiger partial charge in [0.2, 0.25) is 12.3 Å². The first-order chi connectivity index (χ1) is 8.83. The lowest BCUT2D eigenvalue weighted by molar-refractivity contribution is 0.568. The Balaban J connectivity index is 2.01. The molecular weight excluding hydrogens is 296 g/mol. The molecule has 3 aromatic rings. The third kappa shape index (κ3) is 1.49. The Kier molecular flexibility index (Phi) is 2.08. The minimum atomic E-state index is 0.541. The number of halogens is 1. The van der Waals surface area contributed by atoms with Crippen molar-refractivity contribution in [3.05, 3.63) is 35.0 Å². The van der Waals surface area contributed by atoms with Crippen molar-refractivity contribution in [2.45, 2.75) is 18.8 Å². The van der Waals surface area contributed by atoms with Crippen LogP contribution in [0.3, 0.4) is 0 Å². The van der Waals surface area contributed by atoms with E-state index in [1.54, 1.807) is 0 Å². The molecule has 4 rings (SSSR count). The molecule has 0 bridgehead atoms. The summed E-state index contributed by atoms with van der Waals surface area (Å²) in [5, 5.41) is 7.69. The molecule has 0 saturated heterocycles. The van der Waals surface area contributed by atoms with E-state index in [9.17, 15) is 0 Å². The zero-order valence-corrected chi connectivity index (χ0v) is 11.0. The first kappa shape index (κ1) is 10.3. The van der Waals surface area contributed by atoms with Gasteiger partial charge in [0.25, 0.3) is 0 Å². The van der Waals surface area contributed by atoms with E-state index in [2.05, 4.69) is 37.2 Å². The number of rotatable bonds is 2. The highest BCUT2D eigenvalue weighted by Gasteiger charge is 2.27. The van der Waals surface area contributed by atoms with Gasteiger partial charge in [-0.15, -0.1) is 10.2 Å². The predicted octanol–water partition coefficient (Wildman–Crippen LogP) is 3.02. The minimum absolute atomic E-state index is 0.541. The normalized spacial score (nSPS) is 15.4. The van der Waals surface area contributed by atoms with Crippen LogP contribution in [0, 0.1) is 0 Å².